The predicted octanol–water partition coefficient (Wildman–Crippen LogP) is 4.33. The number of benzene rings is 2. The molecule has 1 aliphatic rings. The zero-order valence-corrected chi connectivity index (χ0v) is 23.7. The second kappa shape index (κ2) is 12.8. The van der Waals surface area contributed by atoms with Gasteiger partial charge in [0.15, 0.2) is 0 Å². The lowest BCUT2D eigenvalue weighted by Gasteiger charge is -2.39. The van der Waals surface area contributed by atoms with Crippen LogP contribution < -0.4 is 15.4 Å². The Labute approximate surface area is 241 Å². The molecule has 1 atom stereocenters. The molecule has 1 aliphatic heterocycles. The van der Waals surface area contributed by atoms with Crippen molar-refractivity contribution in [2.24, 2.45) is 0 Å². The van der Waals surface area contributed by atoms with E-state index >= 15 is 0 Å². The number of anilines is 1. The monoisotopic (exact) mass is 605 g/mol. The van der Waals surface area contributed by atoms with Crippen LogP contribution in [0.4, 0.5) is 23.7 Å². The molecule has 2 heterocycles. The Hall–Kier alpha value is -4.17. The highest BCUT2D eigenvalue weighted by atomic mass is 32.2. The van der Waals surface area contributed by atoms with Gasteiger partial charge in [0.05, 0.1) is 4.90 Å². The minimum atomic E-state index is -4.94. The van der Waals surface area contributed by atoms with E-state index in [2.05, 4.69) is 34.2 Å². The SMILES string of the molecule is CC(C)c1ccc(CNC(=O)[C@H]2CN(C(=O)Nc3ccncc3)CCN2S(=O)(=O)c2ccc(OC(F)(F)F)cc2)cc1. The Morgan fingerprint density at radius 1 is 1.00 bits per heavy atom. The van der Waals surface area contributed by atoms with Gasteiger partial charge in [-0.05, 0) is 53.4 Å². The highest BCUT2D eigenvalue weighted by Gasteiger charge is 2.41. The maximum absolute atomic E-state index is 13.6. The van der Waals surface area contributed by atoms with Crippen molar-refractivity contribution >= 4 is 27.6 Å². The summed E-state index contributed by atoms with van der Waals surface area (Å²) < 4.78 is 69.7. The fraction of sp³-hybridized carbons (Fsp3) is 0.321. The zero-order valence-electron chi connectivity index (χ0n) is 22.8. The molecule has 42 heavy (non-hydrogen) atoms. The molecule has 0 aliphatic carbocycles. The summed E-state index contributed by atoms with van der Waals surface area (Å²) in [5.74, 6) is -0.894. The molecule has 0 radical (unpaired) electrons. The topological polar surface area (TPSA) is 121 Å². The van der Waals surface area contributed by atoms with Gasteiger partial charge in [-0.15, -0.1) is 13.2 Å². The molecule has 14 heteroatoms. The fourth-order valence-electron chi connectivity index (χ4n) is 4.37. The molecule has 2 N–H and O–H groups in total. The van der Waals surface area contributed by atoms with Crippen molar-refractivity contribution in [3.63, 3.8) is 0 Å². The first kappa shape index (κ1) is 30.8. The van der Waals surface area contributed by atoms with E-state index in [9.17, 15) is 31.2 Å². The molecule has 0 unspecified atom stereocenters. The van der Waals surface area contributed by atoms with E-state index in [4.69, 9.17) is 0 Å². The van der Waals surface area contributed by atoms with Crippen molar-refractivity contribution in [1.82, 2.24) is 19.5 Å². The van der Waals surface area contributed by atoms with Gasteiger partial charge in [0.1, 0.15) is 11.8 Å². The number of halogens is 3. The first-order valence-corrected chi connectivity index (χ1v) is 14.5. The van der Waals surface area contributed by atoms with E-state index in [-0.39, 0.29) is 31.1 Å². The summed E-state index contributed by atoms with van der Waals surface area (Å²) in [7, 11) is -4.35. The number of nitrogens with one attached hydrogen (secondary N) is 2. The number of amides is 3. The van der Waals surface area contributed by atoms with Gasteiger partial charge in [0.2, 0.25) is 15.9 Å². The number of alkyl halides is 3. The van der Waals surface area contributed by atoms with E-state index in [1.54, 1.807) is 12.1 Å². The van der Waals surface area contributed by atoms with Crippen molar-refractivity contribution in [2.45, 2.75) is 43.6 Å². The molecule has 3 aromatic rings. The molecule has 0 spiro atoms. The van der Waals surface area contributed by atoms with E-state index in [1.807, 2.05) is 24.3 Å². The first-order valence-electron chi connectivity index (χ1n) is 13.0. The third-order valence-electron chi connectivity index (χ3n) is 6.63. The number of rotatable bonds is 8. The van der Waals surface area contributed by atoms with Crippen LogP contribution >= 0.6 is 0 Å². The van der Waals surface area contributed by atoms with E-state index in [0.717, 1.165) is 39.7 Å². The smallest absolute Gasteiger partial charge is 0.406 e. The maximum Gasteiger partial charge on any atom is 0.573 e. The number of pyridine rings is 1. The summed E-state index contributed by atoms with van der Waals surface area (Å²) in [6.45, 7) is 3.71. The van der Waals surface area contributed by atoms with Crippen LogP contribution in [0.25, 0.3) is 0 Å². The van der Waals surface area contributed by atoms with Crippen molar-refractivity contribution < 1.29 is 35.9 Å². The minimum Gasteiger partial charge on any atom is -0.406 e. The van der Waals surface area contributed by atoms with Crippen LogP contribution in [0.5, 0.6) is 5.75 Å². The molecule has 0 saturated carbocycles. The molecular formula is C28H30F3N5O5S. The molecule has 0 bridgehead atoms. The summed E-state index contributed by atoms with van der Waals surface area (Å²) in [5.41, 5.74) is 2.39. The van der Waals surface area contributed by atoms with Gasteiger partial charge in [-0.25, -0.2) is 13.2 Å². The number of piperazine rings is 1. The second-order valence-electron chi connectivity index (χ2n) is 9.88. The number of hydrogen-bond donors (Lipinski definition) is 2. The second-order valence-corrected chi connectivity index (χ2v) is 11.8. The van der Waals surface area contributed by atoms with Gasteiger partial charge >= 0.3 is 12.4 Å². The Kier molecular flexibility index (Phi) is 9.36. The van der Waals surface area contributed by atoms with Gasteiger partial charge < -0.3 is 20.3 Å². The van der Waals surface area contributed by atoms with Crippen LogP contribution in [0.2, 0.25) is 0 Å². The summed E-state index contributed by atoms with van der Waals surface area (Å²) in [6.07, 6.45) is -1.95. The van der Waals surface area contributed by atoms with Crippen molar-refractivity contribution in [2.75, 3.05) is 25.0 Å². The van der Waals surface area contributed by atoms with Crippen molar-refractivity contribution in [3.05, 3.63) is 84.2 Å². The highest BCUT2D eigenvalue weighted by Crippen LogP contribution is 2.27. The fourth-order valence-corrected chi connectivity index (χ4v) is 5.94. The minimum absolute atomic E-state index is 0.0359. The molecule has 224 valence electrons. The summed E-state index contributed by atoms with van der Waals surface area (Å²) in [5, 5.41) is 5.45. The van der Waals surface area contributed by atoms with Gasteiger partial charge in [0, 0.05) is 44.3 Å². The number of carbonyl (C=O) groups is 2. The lowest BCUT2D eigenvalue weighted by molar-refractivity contribution is -0.274. The van der Waals surface area contributed by atoms with E-state index in [1.165, 1.54) is 17.3 Å². The maximum atomic E-state index is 13.6. The van der Waals surface area contributed by atoms with Gasteiger partial charge in [-0.1, -0.05) is 38.1 Å². The zero-order chi connectivity index (χ0) is 30.5. The number of hydrogen-bond acceptors (Lipinski definition) is 6. The number of sulfonamides is 1. The van der Waals surface area contributed by atoms with E-state index in [0.29, 0.717) is 11.6 Å². The number of nitrogens with zero attached hydrogens (tertiary/aromatic N) is 3. The van der Waals surface area contributed by atoms with Crippen molar-refractivity contribution in [3.8, 4) is 5.75 Å². The normalized spacial score (nSPS) is 16.2. The summed E-state index contributed by atoms with van der Waals surface area (Å²) in [6, 6.07) is 12.7. The Morgan fingerprint density at radius 2 is 1.64 bits per heavy atom. The standard InChI is InChI=1S/C28H30F3N5O5S/c1-19(2)21-5-3-20(4-6-21)17-33-26(37)25-18-35(27(38)34-22-11-13-32-14-12-22)15-16-36(25)42(39,40)24-9-7-23(8-10-24)41-28(29,30)31/h3-14,19,25H,15-18H2,1-2H3,(H,33,37)(H,32,34,38)/t25-/m1/s1. The van der Waals surface area contributed by atoms with Crippen LogP contribution in [0, 0.1) is 0 Å². The molecule has 10 nitrogen and oxygen atoms in total. The Balaban J connectivity index is 1.55. The number of urea groups is 1. The number of carbonyl (C=O) groups excluding carboxylic acids is 2. The van der Waals surface area contributed by atoms with Gasteiger partial charge in [0.25, 0.3) is 0 Å². The van der Waals surface area contributed by atoms with Gasteiger partial charge in [-0.3, -0.25) is 9.78 Å². The molecular weight excluding hydrogens is 575 g/mol. The van der Waals surface area contributed by atoms with Crippen molar-refractivity contribution in [1.29, 1.82) is 0 Å². The summed E-state index contributed by atoms with van der Waals surface area (Å²) in [4.78, 5) is 31.3. The average Bonchev–Trinajstić information content (AvgIpc) is 2.95. The molecule has 3 amide bonds. The van der Waals surface area contributed by atoms with Crippen LogP contribution in [0.15, 0.2) is 78.0 Å². The van der Waals surface area contributed by atoms with E-state index < -0.39 is 40.1 Å². The first-order chi connectivity index (χ1) is 19.8. The molecule has 4 rings (SSSR count). The predicted molar refractivity (Wildman–Crippen MR) is 148 cm³/mol. The average molecular weight is 606 g/mol. The quantitative estimate of drug-likeness (QED) is 0.395. The van der Waals surface area contributed by atoms with Crippen LogP contribution in [0.1, 0.15) is 30.9 Å². The number of aromatic nitrogens is 1. The largest absolute Gasteiger partial charge is 0.573 e. The molecule has 1 saturated heterocycles. The lowest BCUT2D eigenvalue weighted by atomic mass is 10.0. The summed E-state index contributed by atoms with van der Waals surface area (Å²) >= 11 is 0. The number of ether oxygens (including phenoxy) is 1. The molecule has 1 fully saturated rings. The Bertz CT molecular complexity index is 1490. The molecule has 2 aromatic carbocycles. The lowest BCUT2D eigenvalue weighted by Crippen LogP contribution is -2.61. The van der Waals surface area contributed by atoms with Crippen LogP contribution in [-0.4, -0.2) is 66.6 Å². The van der Waals surface area contributed by atoms with Crippen LogP contribution in [-0.2, 0) is 21.4 Å². The Morgan fingerprint density at radius 3 is 2.24 bits per heavy atom. The molecule has 1 aromatic heterocycles. The third-order valence-corrected chi connectivity index (χ3v) is 8.55. The highest BCUT2D eigenvalue weighted by molar-refractivity contribution is 7.89. The third kappa shape index (κ3) is 7.76. The van der Waals surface area contributed by atoms with Gasteiger partial charge in [-0.2, -0.15) is 4.31 Å². The van der Waals surface area contributed by atoms with Crippen LogP contribution in [0.3, 0.4) is 0 Å².